The number of halogens is 1. The van der Waals surface area contributed by atoms with E-state index in [9.17, 15) is 4.79 Å². The molecule has 0 aliphatic carbocycles. The summed E-state index contributed by atoms with van der Waals surface area (Å²) in [6, 6.07) is 11.0. The van der Waals surface area contributed by atoms with Crippen LogP contribution in [0.3, 0.4) is 0 Å². The first kappa shape index (κ1) is 17.0. The summed E-state index contributed by atoms with van der Waals surface area (Å²) in [4.78, 5) is 12.2. The lowest BCUT2D eigenvalue weighted by molar-refractivity contribution is -0.118. The highest BCUT2D eigenvalue weighted by Crippen LogP contribution is 2.26. The molecular weight excluding hydrogens is 340 g/mol. The van der Waals surface area contributed by atoms with E-state index in [1.165, 1.54) is 12.7 Å². The summed E-state index contributed by atoms with van der Waals surface area (Å²) in [5.41, 5.74) is 3.52. The summed E-state index contributed by atoms with van der Waals surface area (Å²) < 4.78 is 7.34. The Kier molecular flexibility index (Phi) is 5.00. The fourth-order valence-electron chi connectivity index (χ4n) is 2.34. The molecule has 0 unspecified atom stereocenters. The number of aryl methyl sites for hydroxylation is 2. The molecule has 0 saturated heterocycles. The standard InChI is InChI=1S/C18H17ClN4O2/c1-12-3-4-13(2)15(7-12)22-18(24)9-25-17-6-5-14(19)8-16(17)23-10-20-21-11-23/h3-8,10-11H,9H2,1-2H3,(H,22,24). The summed E-state index contributed by atoms with van der Waals surface area (Å²) in [5.74, 6) is 0.277. The Hall–Kier alpha value is -2.86. The molecule has 2 aromatic carbocycles. The number of rotatable bonds is 5. The first-order valence-corrected chi connectivity index (χ1v) is 8.05. The third-order valence-corrected chi connectivity index (χ3v) is 3.88. The van der Waals surface area contributed by atoms with Crippen molar-refractivity contribution in [2.45, 2.75) is 13.8 Å². The molecule has 0 bridgehead atoms. The molecule has 0 saturated carbocycles. The number of benzene rings is 2. The van der Waals surface area contributed by atoms with Crippen molar-refractivity contribution in [3.05, 3.63) is 65.2 Å². The van der Waals surface area contributed by atoms with E-state index >= 15 is 0 Å². The maximum atomic E-state index is 12.2. The number of ether oxygens (including phenoxy) is 1. The molecule has 0 fully saturated rings. The zero-order valence-electron chi connectivity index (χ0n) is 13.9. The fourth-order valence-corrected chi connectivity index (χ4v) is 2.51. The molecule has 0 radical (unpaired) electrons. The van der Waals surface area contributed by atoms with Gasteiger partial charge in [-0.1, -0.05) is 23.7 Å². The first-order chi connectivity index (χ1) is 12.0. The molecule has 1 aromatic heterocycles. The van der Waals surface area contributed by atoms with Gasteiger partial charge in [0.1, 0.15) is 18.4 Å². The van der Waals surface area contributed by atoms with Crippen LogP contribution in [0.5, 0.6) is 5.75 Å². The van der Waals surface area contributed by atoms with Crippen LogP contribution in [0.15, 0.2) is 49.1 Å². The quantitative estimate of drug-likeness (QED) is 0.759. The Morgan fingerprint density at radius 3 is 2.68 bits per heavy atom. The minimum absolute atomic E-state index is 0.121. The first-order valence-electron chi connectivity index (χ1n) is 7.67. The smallest absolute Gasteiger partial charge is 0.262 e. The molecule has 3 rings (SSSR count). The molecule has 0 aliphatic rings. The average molecular weight is 357 g/mol. The molecule has 25 heavy (non-hydrogen) atoms. The van der Waals surface area contributed by atoms with Crippen molar-refractivity contribution in [2.75, 3.05) is 11.9 Å². The van der Waals surface area contributed by atoms with E-state index in [-0.39, 0.29) is 12.5 Å². The van der Waals surface area contributed by atoms with Gasteiger partial charge in [-0.15, -0.1) is 10.2 Å². The van der Waals surface area contributed by atoms with Gasteiger partial charge in [-0.2, -0.15) is 0 Å². The highest BCUT2D eigenvalue weighted by molar-refractivity contribution is 6.30. The van der Waals surface area contributed by atoms with E-state index in [0.717, 1.165) is 16.8 Å². The Morgan fingerprint density at radius 2 is 1.92 bits per heavy atom. The summed E-state index contributed by atoms with van der Waals surface area (Å²) in [6.45, 7) is 3.80. The zero-order valence-corrected chi connectivity index (χ0v) is 14.6. The Bertz CT molecular complexity index is 894. The van der Waals surface area contributed by atoms with Crippen molar-refractivity contribution in [1.82, 2.24) is 14.8 Å². The molecule has 0 aliphatic heterocycles. The van der Waals surface area contributed by atoms with Gasteiger partial charge in [0.05, 0.1) is 5.69 Å². The molecule has 0 spiro atoms. The summed E-state index contributed by atoms with van der Waals surface area (Å²) in [5, 5.41) is 11.0. The zero-order chi connectivity index (χ0) is 17.8. The van der Waals surface area contributed by atoms with Gasteiger partial charge in [-0.05, 0) is 49.2 Å². The van der Waals surface area contributed by atoms with Gasteiger partial charge in [-0.25, -0.2) is 0 Å². The summed E-state index contributed by atoms with van der Waals surface area (Å²) >= 11 is 6.05. The van der Waals surface area contributed by atoms with Crippen LogP contribution in [-0.4, -0.2) is 27.3 Å². The van der Waals surface area contributed by atoms with Gasteiger partial charge in [0.15, 0.2) is 6.61 Å². The Labute approximate surface area is 150 Å². The van der Waals surface area contributed by atoms with E-state index in [4.69, 9.17) is 16.3 Å². The van der Waals surface area contributed by atoms with Crippen LogP contribution in [0.25, 0.3) is 5.69 Å². The van der Waals surface area contributed by atoms with Gasteiger partial charge >= 0.3 is 0 Å². The van der Waals surface area contributed by atoms with Crippen molar-refractivity contribution in [3.63, 3.8) is 0 Å². The number of carbonyl (C=O) groups is 1. The van der Waals surface area contributed by atoms with Crippen molar-refractivity contribution in [1.29, 1.82) is 0 Å². The van der Waals surface area contributed by atoms with Crippen molar-refractivity contribution >= 4 is 23.2 Å². The van der Waals surface area contributed by atoms with E-state index < -0.39 is 0 Å². The highest BCUT2D eigenvalue weighted by atomic mass is 35.5. The van der Waals surface area contributed by atoms with Crippen LogP contribution in [0.4, 0.5) is 5.69 Å². The molecular formula is C18H17ClN4O2. The molecule has 1 N–H and O–H groups in total. The van der Waals surface area contributed by atoms with Crippen LogP contribution in [0.1, 0.15) is 11.1 Å². The van der Waals surface area contributed by atoms with Gasteiger partial charge in [0, 0.05) is 10.7 Å². The third kappa shape index (κ3) is 4.16. The normalized spacial score (nSPS) is 10.5. The van der Waals surface area contributed by atoms with E-state index in [1.807, 2.05) is 32.0 Å². The lowest BCUT2D eigenvalue weighted by Crippen LogP contribution is -2.21. The van der Waals surface area contributed by atoms with E-state index in [1.54, 1.807) is 22.8 Å². The monoisotopic (exact) mass is 356 g/mol. The number of amides is 1. The third-order valence-electron chi connectivity index (χ3n) is 3.64. The maximum absolute atomic E-state index is 12.2. The van der Waals surface area contributed by atoms with Crippen LogP contribution < -0.4 is 10.1 Å². The lowest BCUT2D eigenvalue weighted by Gasteiger charge is -2.13. The van der Waals surface area contributed by atoms with Crippen molar-refractivity contribution < 1.29 is 9.53 Å². The number of hydrogen-bond donors (Lipinski definition) is 1. The average Bonchev–Trinajstić information content (AvgIpc) is 3.11. The Morgan fingerprint density at radius 1 is 1.16 bits per heavy atom. The second-order valence-electron chi connectivity index (χ2n) is 5.64. The number of anilines is 1. The number of nitrogens with zero attached hydrogens (tertiary/aromatic N) is 3. The van der Waals surface area contributed by atoms with E-state index in [0.29, 0.717) is 16.5 Å². The fraction of sp³-hybridized carbons (Fsp3) is 0.167. The largest absolute Gasteiger partial charge is 0.482 e. The van der Waals surface area contributed by atoms with Crippen LogP contribution in [0.2, 0.25) is 5.02 Å². The number of aromatic nitrogens is 3. The second-order valence-corrected chi connectivity index (χ2v) is 6.07. The molecule has 7 heteroatoms. The highest BCUT2D eigenvalue weighted by Gasteiger charge is 2.11. The second kappa shape index (κ2) is 7.36. The van der Waals surface area contributed by atoms with Crippen molar-refractivity contribution in [3.8, 4) is 11.4 Å². The van der Waals surface area contributed by atoms with Gasteiger partial charge in [-0.3, -0.25) is 9.36 Å². The van der Waals surface area contributed by atoms with Gasteiger partial charge in [0.2, 0.25) is 0 Å². The minimum atomic E-state index is -0.238. The summed E-state index contributed by atoms with van der Waals surface area (Å²) in [6.07, 6.45) is 3.07. The molecule has 1 amide bonds. The van der Waals surface area contributed by atoms with Crippen molar-refractivity contribution in [2.24, 2.45) is 0 Å². The predicted molar refractivity (Wildman–Crippen MR) is 96.4 cm³/mol. The molecule has 128 valence electrons. The topological polar surface area (TPSA) is 69.0 Å². The Balaban J connectivity index is 1.71. The molecule has 1 heterocycles. The van der Waals surface area contributed by atoms with Crippen LogP contribution >= 0.6 is 11.6 Å². The van der Waals surface area contributed by atoms with Gasteiger partial charge in [0.25, 0.3) is 5.91 Å². The van der Waals surface area contributed by atoms with Crippen LogP contribution in [0, 0.1) is 13.8 Å². The molecule has 6 nitrogen and oxygen atoms in total. The number of nitrogens with one attached hydrogen (secondary N) is 1. The van der Waals surface area contributed by atoms with E-state index in [2.05, 4.69) is 15.5 Å². The number of hydrogen-bond acceptors (Lipinski definition) is 4. The SMILES string of the molecule is Cc1ccc(C)c(NC(=O)COc2ccc(Cl)cc2-n2cnnc2)c1. The summed E-state index contributed by atoms with van der Waals surface area (Å²) in [7, 11) is 0. The lowest BCUT2D eigenvalue weighted by atomic mass is 10.1. The number of carbonyl (C=O) groups excluding carboxylic acids is 1. The maximum Gasteiger partial charge on any atom is 0.262 e. The minimum Gasteiger partial charge on any atom is -0.482 e. The molecule has 3 aromatic rings. The molecule has 0 atom stereocenters. The predicted octanol–water partition coefficient (Wildman–Crippen LogP) is 3.56. The van der Waals surface area contributed by atoms with Crippen LogP contribution in [-0.2, 0) is 4.79 Å². The van der Waals surface area contributed by atoms with Gasteiger partial charge < -0.3 is 10.1 Å².